The van der Waals surface area contributed by atoms with Gasteiger partial charge in [0, 0.05) is 25.4 Å². The van der Waals surface area contributed by atoms with Crippen LogP contribution in [0.1, 0.15) is 66.7 Å². The van der Waals surface area contributed by atoms with Crippen molar-refractivity contribution < 1.29 is 9.90 Å². The van der Waals surface area contributed by atoms with Gasteiger partial charge in [-0.2, -0.15) is 0 Å². The molecule has 1 fully saturated rings. The van der Waals surface area contributed by atoms with Crippen molar-refractivity contribution in [2.75, 3.05) is 6.54 Å². The van der Waals surface area contributed by atoms with Gasteiger partial charge in [-0.05, 0) is 62.8 Å². The Morgan fingerprint density at radius 1 is 1.08 bits per heavy atom. The molecular weight excluding hydrogens is 326 g/mol. The largest absolute Gasteiger partial charge is 0.481 e. The predicted molar refractivity (Wildman–Crippen MR) is 101 cm³/mol. The summed E-state index contributed by atoms with van der Waals surface area (Å²) < 4.78 is 0. The molecule has 2 aromatic heterocycles. The molecule has 0 unspecified atom stereocenters. The van der Waals surface area contributed by atoms with E-state index in [0.717, 1.165) is 37.2 Å². The Bertz CT molecular complexity index is 709. The fraction of sp³-hybridized carbons (Fsp3) is 0.476. The van der Waals surface area contributed by atoms with Gasteiger partial charge < -0.3 is 5.11 Å². The van der Waals surface area contributed by atoms with Gasteiger partial charge in [0.25, 0.3) is 0 Å². The normalized spacial score (nSPS) is 20.8. The lowest BCUT2D eigenvalue weighted by Crippen LogP contribution is -2.38. The van der Waals surface area contributed by atoms with E-state index in [9.17, 15) is 4.79 Å². The minimum Gasteiger partial charge on any atom is -0.481 e. The van der Waals surface area contributed by atoms with E-state index in [2.05, 4.69) is 40.8 Å². The van der Waals surface area contributed by atoms with E-state index in [-0.39, 0.29) is 18.5 Å². The molecule has 0 saturated carbocycles. The number of rotatable bonds is 6. The summed E-state index contributed by atoms with van der Waals surface area (Å²) in [5.41, 5.74) is 4.61. The predicted octanol–water partition coefficient (Wildman–Crippen LogP) is 4.23. The van der Waals surface area contributed by atoms with Crippen molar-refractivity contribution >= 4 is 5.97 Å². The fourth-order valence-electron chi connectivity index (χ4n) is 4.06. The molecule has 1 aliphatic rings. The molecule has 26 heavy (non-hydrogen) atoms. The molecule has 0 amide bonds. The molecule has 0 aliphatic carbocycles. The van der Waals surface area contributed by atoms with Gasteiger partial charge in [-0.3, -0.25) is 19.7 Å². The van der Waals surface area contributed by atoms with Gasteiger partial charge in [0.2, 0.25) is 0 Å². The van der Waals surface area contributed by atoms with E-state index < -0.39 is 5.97 Å². The number of nitrogens with zero attached hydrogens (tertiary/aromatic N) is 3. The molecule has 1 aliphatic heterocycles. The Balaban J connectivity index is 1.93. The summed E-state index contributed by atoms with van der Waals surface area (Å²) in [7, 11) is 0. The van der Waals surface area contributed by atoms with E-state index in [1.807, 2.05) is 24.5 Å². The van der Waals surface area contributed by atoms with E-state index >= 15 is 0 Å². The quantitative estimate of drug-likeness (QED) is 0.842. The molecule has 0 radical (unpaired) electrons. The van der Waals surface area contributed by atoms with Gasteiger partial charge in [-0.1, -0.05) is 12.1 Å². The maximum absolute atomic E-state index is 11.0. The van der Waals surface area contributed by atoms with Crippen molar-refractivity contribution in [3.05, 3.63) is 59.2 Å². The van der Waals surface area contributed by atoms with E-state index in [4.69, 9.17) is 5.11 Å². The van der Waals surface area contributed by atoms with Crippen molar-refractivity contribution in [1.82, 2.24) is 14.9 Å². The molecular formula is C21H27N3O2. The Kier molecular flexibility index (Phi) is 5.99. The summed E-state index contributed by atoms with van der Waals surface area (Å²) in [5, 5.41) is 9.05. The molecule has 138 valence electrons. The first kappa shape index (κ1) is 18.5. The number of aromatic nitrogens is 2. The third-order valence-corrected chi connectivity index (χ3v) is 5.29. The van der Waals surface area contributed by atoms with Crippen LogP contribution < -0.4 is 0 Å². The van der Waals surface area contributed by atoms with E-state index in [1.54, 1.807) is 0 Å². The number of carboxylic acids is 1. The summed E-state index contributed by atoms with van der Waals surface area (Å²) in [6, 6.07) is 8.57. The number of likely N-dealkylation sites (tertiary alicyclic amines) is 1. The lowest BCUT2D eigenvalue weighted by Gasteiger charge is -2.42. The molecule has 1 saturated heterocycles. The van der Waals surface area contributed by atoms with Crippen LogP contribution >= 0.6 is 0 Å². The lowest BCUT2D eigenvalue weighted by molar-refractivity contribution is -0.137. The fourth-order valence-corrected chi connectivity index (χ4v) is 4.06. The number of carboxylic acid groups (broad SMARTS) is 1. The second kappa shape index (κ2) is 8.41. The Hall–Kier alpha value is -2.27. The van der Waals surface area contributed by atoms with Crippen LogP contribution in [0.4, 0.5) is 0 Å². The highest BCUT2D eigenvalue weighted by atomic mass is 16.4. The SMILES string of the molecule is Cc1cccnc1[C@H]1CCC[C@@H](c2ncccc2C)N1CCCC(=O)O. The van der Waals surface area contributed by atoms with Crippen LogP contribution in [0.15, 0.2) is 36.7 Å². The Labute approximate surface area is 155 Å². The molecule has 2 aromatic rings. The van der Waals surface area contributed by atoms with Gasteiger partial charge in [-0.25, -0.2) is 0 Å². The van der Waals surface area contributed by atoms with Crippen LogP contribution in [0.3, 0.4) is 0 Å². The number of aliphatic carboxylic acids is 1. The van der Waals surface area contributed by atoms with Crippen molar-refractivity contribution in [3.63, 3.8) is 0 Å². The van der Waals surface area contributed by atoms with Gasteiger partial charge in [0.05, 0.1) is 23.5 Å². The molecule has 1 N–H and O–H groups in total. The van der Waals surface area contributed by atoms with Crippen molar-refractivity contribution in [1.29, 1.82) is 0 Å². The first-order valence-corrected chi connectivity index (χ1v) is 9.38. The second-order valence-corrected chi connectivity index (χ2v) is 7.11. The molecule has 2 atom stereocenters. The minimum absolute atomic E-state index is 0.193. The van der Waals surface area contributed by atoms with Crippen LogP contribution in [0.25, 0.3) is 0 Å². The van der Waals surface area contributed by atoms with E-state index in [0.29, 0.717) is 6.42 Å². The highest BCUT2D eigenvalue weighted by molar-refractivity contribution is 5.66. The number of carbonyl (C=O) groups is 1. The topological polar surface area (TPSA) is 66.3 Å². The minimum atomic E-state index is -0.738. The average molecular weight is 353 g/mol. The zero-order valence-electron chi connectivity index (χ0n) is 15.6. The average Bonchev–Trinajstić information content (AvgIpc) is 2.63. The third-order valence-electron chi connectivity index (χ3n) is 5.29. The van der Waals surface area contributed by atoms with Crippen LogP contribution in [-0.4, -0.2) is 32.5 Å². The first-order valence-electron chi connectivity index (χ1n) is 9.38. The molecule has 0 bridgehead atoms. The smallest absolute Gasteiger partial charge is 0.303 e. The summed E-state index contributed by atoms with van der Waals surface area (Å²) >= 11 is 0. The zero-order valence-corrected chi connectivity index (χ0v) is 15.6. The van der Waals surface area contributed by atoms with Gasteiger partial charge in [0.15, 0.2) is 0 Å². The molecule has 5 nitrogen and oxygen atoms in total. The molecule has 3 heterocycles. The van der Waals surface area contributed by atoms with Gasteiger partial charge >= 0.3 is 5.97 Å². The van der Waals surface area contributed by atoms with Crippen LogP contribution in [-0.2, 0) is 4.79 Å². The standard InChI is InChI=1S/C21H27N3O2/c1-15-7-4-12-22-20(15)17-9-3-10-18(21-16(2)8-5-13-23-21)24(17)14-6-11-19(25)26/h4-5,7-8,12-13,17-18H,3,6,9-11,14H2,1-2H3,(H,25,26)/t17-,18+. The monoisotopic (exact) mass is 353 g/mol. The van der Waals surface area contributed by atoms with Crippen LogP contribution in [0.2, 0.25) is 0 Å². The molecule has 3 rings (SSSR count). The number of aryl methyl sites for hydroxylation is 2. The Morgan fingerprint density at radius 2 is 1.62 bits per heavy atom. The number of pyridine rings is 2. The summed E-state index contributed by atoms with van der Waals surface area (Å²) in [6.45, 7) is 4.95. The third kappa shape index (κ3) is 4.10. The number of piperidine rings is 1. The zero-order chi connectivity index (χ0) is 18.5. The molecule has 0 aromatic carbocycles. The molecule has 5 heteroatoms. The summed E-state index contributed by atoms with van der Waals surface area (Å²) in [6.07, 6.45) is 7.76. The maximum atomic E-state index is 11.0. The van der Waals surface area contributed by atoms with Crippen LogP contribution in [0, 0.1) is 13.8 Å². The summed E-state index contributed by atoms with van der Waals surface area (Å²) in [5.74, 6) is -0.738. The molecule has 0 spiro atoms. The number of hydrogen-bond donors (Lipinski definition) is 1. The van der Waals surface area contributed by atoms with Crippen LogP contribution in [0.5, 0.6) is 0 Å². The highest BCUT2D eigenvalue weighted by Gasteiger charge is 2.34. The van der Waals surface area contributed by atoms with Gasteiger partial charge in [-0.15, -0.1) is 0 Å². The van der Waals surface area contributed by atoms with Crippen molar-refractivity contribution in [2.24, 2.45) is 0 Å². The number of hydrogen-bond acceptors (Lipinski definition) is 4. The van der Waals surface area contributed by atoms with Crippen molar-refractivity contribution in [2.45, 2.75) is 58.0 Å². The summed E-state index contributed by atoms with van der Waals surface area (Å²) in [4.78, 5) is 22.8. The second-order valence-electron chi connectivity index (χ2n) is 7.11. The Morgan fingerprint density at radius 3 is 2.08 bits per heavy atom. The van der Waals surface area contributed by atoms with Crippen molar-refractivity contribution in [3.8, 4) is 0 Å². The van der Waals surface area contributed by atoms with Gasteiger partial charge in [0.1, 0.15) is 0 Å². The first-order chi connectivity index (χ1) is 12.6. The van der Waals surface area contributed by atoms with E-state index in [1.165, 1.54) is 11.1 Å². The lowest BCUT2D eigenvalue weighted by atomic mass is 9.88. The highest BCUT2D eigenvalue weighted by Crippen LogP contribution is 2.42. The maximum Gasteiger partial charge on any atom is 0.303 e.